The van der Waals surface area contributed by atoms with Gasteiger partial charge in [0.05, 0.1) is 0 Å². The van der Waals surface area contributed by atoms with E-state index in [1.54, 1.807) is 0 Å². The third kappa shape index (κ3) is 5.67. The van der Waals surface area contributed by atoms with Gasteiger partial charge in [-0.1, -0.05) is 37.8 Å². The Labute approximate surface area is 109 Å². The summed E-state index contributed by atoms with van der Waals surface area (Å²) in [6.07, 6.45) is 7.31. The van der Waals surface area contributed by atoms with Gasteiger partial charge in [-0.15, -0.1) is 0 Å². The zero-order valence-electron chi connectivity index (χ0n) is 11.2. The SMILES string of the molecule is C=C(C)NC(/C=C/CCc1ccc(F)cc1)CC. The molecule has 1 aromatic rings. The molecule has 0 bridgehead atoms. The molecule has 0 saturated carbocycles. The van der Waals surface area contributed by atoms with Crippen LogP contribution in [0.3, 0.4) is 0 Å². The third-order valence-electron chi connectivity index (χ3n) is 2.75. The monoisotopic (exact) mass is 247 g/mol. The van der Waals surface area contributed by atoms with Crippen molar-refractivity contribution in [1.29, 1.82) is 0 Å². The van der Waals surface area contributed by atoms with Crippen molar-refractivity contribution in [2.75, 3.05) is 0 Å². The fourth-order valence-corrected chi connectivity index (χ4v) is 1.76. The predicted molar refractivity (Wildman–Crippen MR) is 75.9 cm³/mol. The first-order chi connectivity index (χ1) is 8.61. The van der Waals surface area contributed by atoms with Crippen molar-refractivity contribution in [3.63, 3.8) is 0 Å². The van der Waals surface area contributed by atoms with Crippen LogP contribution in [0, 0.1) is 5.82 Å². The topological polar surface area (TPSA) is 12.0 Å². The first-order valence-corrected chi connectivity index (χ1v) is 6.45. The smallest absolute Gasteiger partial charge is 0.123 e. The van der Waals surface area contributed by atoms with Crippen molar-refractivity contribution in [2.45, 2.75) is 39.2 Å². The minimum Gasteiger partial charge on any atom is -0.383 e. The highest BCUT2D eigenvalue weighted by molar-refractivity contribution is 5.16. The van der Waals surface area contributed by atoms with E-state index in [-0.39, 0.29) is 5.82 Å². The van der Waals surface area contributed by atoms with Crippen LogP contribution < -0.4 is 5.32 Å². The van der Waals surface area contributed by atoms with E-state index >= 15 is 0 Å². The average Bonchev–Trinajstić information content (AvgIpc) is 2.34. The van der Waals surface area contributed by atoms with Gasteiger partial charge in [0.1, 0.15) is 5.82 Å². The molecule has 1 rings (SSSR count). The van der Waals surface area contributed by atoms with E-state index in [0.29, 0.717) is 6.04 Å². The number of allylic oxidation sites excluding steroid dienone is 2. The Kier molecular flexibility index (Phi) is 6.20. The van der Waals surface area contributed by atoms with Gasteiger partial charge in [0, 0.05) is 11.7 Å². The van der Waals surface area contributed by atoms with Crippen LogP contribution in [0.1, 0.15) is 32.3 Å². The van der Waals surface area contributed by atoms with Gasteiger partial charge in [-0.2, -0.15) is 0 Å². The molecule has 0 aliphatic carbocycles. The highest BCUT2D eigenvalue weighted by Gasteiger charge is 1.99. The summed E-state index contributed by atoms with van der Waals surface area (Å²) in [4.78, 5) is 0. The summed E-state index contributed by atoms with van der Waals surface area (Å²) in [7, 11) is 0. The van der Waals surface area contributed by atoms with Gasteiger partial charge in [0.2, 0.25) is 0 Å². The molecule has 2 heteroatoms. The Morgan fingerprint density at radius 2 is 2.06 bits per heavy atom. The van der Waals surface area contributed by atoms with Crippen molar-refractivity contribution in [2.24, 2.45) is 0 Å². The van der Waals surface area contributed by atoms with Gasteiger partial charge >= 0.3 is 0 Å². The van der Waals surface area contributed by atoms with Crippen molar-refractivity contribution in [3.05, 3.63) is 60.1 Å². The zero-order chi connectivity index (χ0) is 13.4. The van der Waals surface area contributed by atoms with Crippen LogP contribution in [0.25, 0.3) is 0 Å². The lowest BCUT2D eigenvalue weighted by Gasteiger charge is -2.13. The minimum atomic E-state index is -0.175. The number of benzene rings is 1. The standard InChI is InChI=1S/C16H22FN/c1-4-16(18-13(2)3)8-6-5-7-14-9-11-15(17)12-10-14/h6,8-12,16,18H,2,4-5,7H2,1,3H3/b8-6+. The second-order valence-electron chi connectivity index (χ2n) is 4.53. The lowest BCUT2D eigenvalue weighted by Crippen LogP contribution is -2.23. The van der Waals surface area contributed by atoms with Crippen molar-refractivity contribution < 1.29 is 4.39 Å². The van der Waals surface area contributed by atoms with E-state index in [9.17, 15) is 4.39 Å². The Balaban J connectivity index is 2.35. The highest BCUT2D eigenvalue weighted by Crippen LogP contribution is 2.06. The summed E-state index contributed by atoms with van der Waals surface area (Å²) >= 11 is 0. The molecular formula is C16H22FN. The molecule has 0 aliphatic heterocycles. The van der Waals surface area contributed by atoms with E-state index in [0.717, 1.165) is 25.0 Å². The number of rotatable bonds is 7. The fraction of sp³-hybridized carbons (Fsp3) is 0.375. The van der Waals surface area contributed by atoms with Crippen molar-refractivity contribution >= 4 is 0 Å². The number of hydrogen-bond donors (Lipinski definition) is 1. The molecule has 1 N–H and O–H groups in total. The van der Waals surface area contributed by atoms with Crippen molar-refractivity contribution in [1.82, 2.24) is 5.32 Å². The van der Waals surface area contributed by atoms with E-state index in [1.165, 1.54) is 17.7 Å². The number of halogens is 1. The summed E-state index contributed by atoms with van der Waals surface area (Å²) < 4.78 is 12.7. The van der Waals surface area contributed by atoms with Crippen LogP contribution in [0.5, 0.6) is 0 Å². The maximum atomic E-state index is 12.7. The number of hydrogen-bond acceptors (Lipinski definition) is 1. The van der Waals surface area contributed by atoms with E-state index in [4.69, 9.17) is 0 Å². The molecule has 18 heavy (non-hydrogen) atoms. The highest BCUT2D eigenvalue weighted by atomic mass is 19.1. The number of nitrogens with one attached hydrogen (secondary N) is 1. The summed E-state index contributed by atoms with van der Waals surface area (Å²) in [6, 6.07) is 7.06. The van der Waals surface area contributed by atoms with Gasteiger partial charge in [-0.25, -0.2) is 4.39 Å². The zero-order valence-corrected chi connectivity index (χ0v) is 11.2. The van der Waals surface area contributed by atoms with Gasteiger partial charge in [-0.3, -0.25) is 0 Å². The molecule has 0 saturated heterocycles. The molecule has 0 amide bonds. The number of aryl methyl sites for hydroxylation is 1. The summed E-state index contributed by atoms with van der Waals surface area (Å²) in [6.45, 7) is 7.96. The van der Waals surface area contributed by atoms with E-state index in [1.807, 2.05) is 19.1 Å². The fourth-order valence-electron chi connectivity index (χ4n) is 1.76. The molecular weight excluding hydrogens is 225 g/mol. The summed E-state index contributed by atoms with van der Waals surface area (Å²) in [5, 5.41) is 3.30. The molecule has 1 atom stereocenters. The van der Waals surface area contributed by atoms with Gasteiger partial charge in [0.15, 0.2) is 0 Å². The molecule has 0 aromatic heterocycles. The van der Waals surface area contributed by atoms with Crippen molar-refractivity contribution in [3.8, 4) is 0 Å². The largest absolute Gasteiger partial charge is 0.383 e. The molecule has 0 spiro atoms. The molecule has 1 unspecified atom stereocenters. The molecule has 0 heterocycles. The Morgan fingerprint density at radius 3 is 2.61 bits per heavy atom. The second-order valence-corrected chi connectivity index (χ2v) is 4.53. The van der Waals surface area contributed by atoms with E-state index in [2.05, 4.69) is 31.0 Å². The average molecular weight is 247 g/mol. The maximum absolute atomic E-state index is 12.7. The third-order valence-corrected chi connectivity index (χ3v) is 2.75. The van der Waals surface area contributed by atoms with Gasteiger partial charge in [-0.05, 0) is 43.9 Å². The maximum Gasteiger partial charge on any atom is 0.123 e. The van der Waals surface area contributed by atoms with Gasteiger partial charge < -0.3 is 5.32 Å². The van der Waals surface area contributed by atoms with Crippen LogP contribution in [0.2, 0.25) is 0 Å². The molecule has 0 fully saturated rings. The van der Waals surface area contributed by atoms with Gasteiger partial charge in [0.25, 0.3) is 0 Å². The van der Waals surface area contributed by atoms with Crippen LogP contribution in [-0.4, -0.2) is 6.04 Å². The van der Waals surface area contributed by atoms with Crippen LogP contribution >= 0.6 is 0 Å². The Hall–Kier alpha value is -1.57. The normalized spacial score (nSPS) is 12.6. The molecule has 0 aliphatic rings. The van der Waals surface area contributed by atoms with Crippen LogP contribution in [0.15, 0.2) is 48.7 Å². The first-order valence-electron chi connectivity index (χ1n) is 6.45. The molecule has 1 aromatic carbocycles. The lowest BCUT2D eigenvalue weighted by molar-refractivity contribution is 0.627. The summed E-state index contributed by atoms with van der Waals surface area (Å²) in [5.41, 5.74) is 2.16. The summed E-state index contributed by atoms with van der Waals surface area (Å²) in [5.74, 6) is -0.175. The Bertz CT molecular complexity index is 392. The van der Waals surface area contributed by atoms with E-state index < -0.39 is 0 Å². The molecule has 1 nitrogen and oxygen atoms in total. The minimum absolute atomic E-state index is 0.175. The quantitative estimate of drug-likeness (QED) is 0.711. The lowest BCUT2D eigenvalue weighted by atomic mass is 10.1. The Morgan fingerprint density at radius 1 is 1.39 bits per heavy atom. The molecule has 0 radical (unpaired) electrons. The van der Waals surface area contributed by atoms with Crippen LogP contribution in [0.4, 0.5) is 4.39 Å². The molecule has 98 valence electrons. The predicted octanol–water partition coefficient (Wildman–Crippen LogP) is 4.22. The first kappa shape index (κ1) is 14.5. The van der Waals surface area contributed by atoms with Crippen LogP contribution in [-0.2, 0) is 6.42 Å². The second kappa shape index (κ2) is 7.70.